The lowest BCUT2D eigenvalue weighted by molar-refractivity contribution is 0.359. The van der Waals surface area contributed by atoms with Gasteiger partial charge in [0.25, 0.3) is 5.56 Å². The van der Waals surface area contributed by atoms with Crippen molar-refractivity contribution in [3.8, 4) is 0 Å². The first-order valence-electron chi connectivity index (χ1n) is 5.53. The van der Waals surface area contributed by atoms with E-state index in [9.17, 15) is 4.79 Å². The molecular formula is C11H13IN4O2. The van der Waals surface area contributed by atoms with Crippen LogP contribution in [0.3, 0.4) is 0 Å². The molecule has 6 nitrogen and oxygen atoms in total. The van der Waals surface area contributed by atoms with Crippen LogP contribution in [0.1, 0.15) is 37.2 Å². The summed E-state index contributed by atoms with van der Waals surface area (Å²) in [6, 6.07) is 0. The standard InChI is InChI=1S/C11H13IN4O2/c1-6(2)10-14-8(15-18-10)4-16-5-13-7(3)9(12)11(16)17/h5-6H,4H2,1-3H3. The second kappa shape index (κ2) is 5.17. The molecule has 0 bridgehead atoms. The van der Waals surface area contributed by atoms with Crippen LogP contribution in [0.4, 0.5) is 0 Å². The predicted octanol–water partition coefficient (Wildman–Crippen LogP) is 1.71. The lowest BCUT2D eigenvalue weighted by Gasteiger charge is -2.03. The van der Waals surface area contributed by atoms with Crippen molar-refractivity contribution in [1.29, 1.82) is 0 Å². The Morgan fingerprint density at radius 1 is 1.50 bits per heavy atom. The molecule has 0 aliphatic heterocycles. The van der Waals surface area contributed by atoms with E-state index in [4.69, 9.17) is 4.52 Å². The van der Waals surface area contributed by atoms with Crippen LogP contribution in [-0.2, 0) is 6.54 Å². The van der Waals surface area contributed by atoms with Crippen molar-refractivity contribution in [2.24, 2.45) is 0 Å². The Balaban J connectivity index is 2.29. The van der Waals surface area contributed by atoms with Gasteiger partial charge in [-0.3, -0.25) is 9.36 Å². The fourth-order valence-corrected chi connectivity index (χ4v) is 1.83. The zero-order valence-electron chi connectivity index (χ0n) is 10.3. The van der Waals surface area contributed by atoms with Crippen molar-refractivity contribution in [2.45, 2.75) is 33.2 Å². The normalized spacial score (nSPS) is 11.2. The molecule has 0 N–H and O–H groups in total. The van der Waals surface area contributed by atoms with Crippen LogP contribution in [0.5, 0.6) is 0 Å². The van der Waals surface area contributed by atoms with Crippen LogP contribution in [0.25, 0.3) is 0 Å². The summed E-state index contributed by atoms with van der Waals surface area (Å²) in [7, 11) is 0. The van der Waals surface area contributed by atoms with E-state index in [0.717, 1.165) is 5.69 Å². The summed E-state index contributed by atoms with van der Waals surface area (Å²) in [5.41, 5.74) is 0.645. The third-order valence-corrected chi connectivity index (χ3v) is 3.69. The molecule has 2 rings (SSSR count). The molecule has 0 unspecified atom stereocenters. The SMILES string of the molecule is Cc1ncn(Cc2noc(C(C)C)n2)c(=O)c1I. The maximum Gasteiger partial charge on any atom is 0.267 e. The molecule has 0 atom stereocenters. The van der Waals surface area contributed by atoms with E-state index in [2.05, 4.69) is 15.1 Å². The highest BCUT2D eigenvalue weighted by Crippen LogP contribution is 2.11. The summed E-state index contributed by atoms with van der Waals surface area (Å²) in [4.78, 5) is 20.3. The average molecular weight is 360 g/mol. The predicted molar refractivity (Wildman–Crippen MR) is 73.4 cm³/mol. The van der Waals surface area contributed by atoms with Gasteiger partial charge in [-0.15, -0.1) is 0 Å². The van der Waals surface area contributed by atoms with E-state index in [-0.39, 0.29) is 18.0 Å². The number of nitrogens with zero attached hydrogens (tertiary/aromatic N) is 4. The maximum atomic E-state index is 12.0. The molecule has 7 heteroatoms. The van der Waals surface area contributed by atoms with Gasteiger partial charge in [0.2, 0.25) is 5.89 Å². The number of halogens is 1. The highest BCUT2D eigenvalue weighted by Gasteiger charge is 2.12. The first-order chi connectivity index (χ1) is 8.49. The van der Waals surface area contributed by atoms with Gasteiger partial charge in [0, 0.05) is 5.92 Å². The largest absolute Gasteiger partial charge is 0.339 e. The third-order valence-electron chi connectivity index (χ3n) is 2.45. The molecule has 0 saturated carbocycles. The van der Waals surface area contributed by atoms with Gasteiger partial charge < -0.3 is 4.52 Å². The van der Waals surface area contributed by atoms with Gasteiger partial charge in [0.1, 0.15) is 0 Å². The van der Waals surface area contributed by atoms with Crippen molar-refractivity contribution in [3.63, 3.8) is 0 Å². The van der Waals surface area contributed by atoms with E-state index in [0.29, 0.717) is 15.3 Å². The van der Waals surface area contributed by atoms with Crippen LogP contribution in [0.15, 0.2) is 15.6 Å². The fraction of sp³-hybridized carbons (Fsp3) is 0.455. The second-order valence-corrected chi connectivity index (χ2v) is 5.36. The molecule has 96 valence electrons. The molecule has 0 saturated heterocycles. The van der Waals surface area contributed by atoms with Gasteiger partial charge in [-0.25, -0.2) is 4.98 Å². The topological polar surface area (TPSA) is 73.8 Å². The molecule has 0 radical (unpaired) electrons. The first kappa shape index (κ1) is 13.2. The summed E-state index contributed by atoms with van der Waals surface area (Å²) in [5, 5.41) is 3.85. The third kappa shape index (κ3) is 2.60. The van der Waals surface area contributed by atoms with Crippen molar-refractivity contribution in [2.75, 3.05) is 0 Å². The summed E-state index contributed by atoms with van der Waals surface area (Å²) < 4.78 is 7.18. The van der Waals surface area contributed by atoms with Crippen LogP contribution in [0.2, 0.25) is 0 Å². The van der Waals surface area contributed by atoms with Crippen LogP contribution < -0.4 is 5.56 Å². The fourth-order valence-electron chi connectivity index (χ4n) is 1.38. The second-order valence-electron chi connectivity index (χ2n) is 4.28. The van der Waals surface area contributed by atoms with E-state index in [1.807, 2.05) is 36.4 Å². The van der Waals surface area contributed by atoms with Gasteiger partial charge in [-0.2, -0.15) is 4.98 Å². The Hall–Kier alpha value is -1.25. The Kier molecular flexibility index (Phi) is 3.79. The lowest BCUT2D eigenvalue weighted by atomic mass is 10.2. The molecule has 2 aromatic heterocycles. The van der Waals surface area contributed by atoms with Gasteiger partial charge in [0.05, 0.1) is 22.1 Å². The average Bonchev–Trinajstić information content (AvgIpc) is 2.79. The highest BCUT2D eigenvalue weighted by atomic mass is 127. The Morgan fingerprint density at radius 2 is 2.22 bits per heavy atom. The van der Waals surface area contributed by atoms with Crippen LogP contribution in [-0.4, -0.2) is 19.7 Å². The molecule has 0 aromatic carbocycles. The monoisotopic (exact) mass is 360 g/mol. The van der Waals surface area contributed by atoms with Gasteiger partial charge in [-0.1, -0.05) is 19.0 Å². The minimum atomic E-state index is -0.0843. The van der Waals surface area contributed by atoms with Crippen molar-refractivity contribution in [1.82, 2.24) is 19.7 Å². The molecule has 2 heterocycles. The van der Waals surface area contributed by atoms with Crippen molar-refractivity contribution in [3.05, 3.63) is 37.7 Å². The Bertz CT molecular complexity index is 618. The van der Waals surface area contributed by atoms with E-state index >= 15 is 0 Å². The van der Waals surface area contributed by atoms with Gasteiger partial charge in [-0.05, 0) is 29.5 Å². The van der Waals surface area contributed by atoms with E-state index in [1.54, 1.807) is 6.92 Å². The molecule has 0 aliphatic rings. The quantitative estimate of drug-likeness (QED) is 0.780. The minimum Gasteiger partial charge on any atom is -0.339 e. The maximum absolute atomic E-state index is 12.0. The number of hydrogen-bond acceptors (Lipinski definition) is 5. The zero-order valence-corrected chi connectivity index (χ0v) is 12.5. The molecule has 0 spiro atoms. The highest BCUT2D eigenvalue weighted by molar-refractivity contribution is 14.1. The van der Waals surface area contributed by atoms with Crippen molar-refractivity contribution >= 4 is 22.6 Å². The molecule has 2 aromatic rings. The van der Waals surface area contributed by atoms with Gasteiger partial charge >= 0.3 is 0 Å². The summed E-state index contributed by atoms with van der Waals surface area (Å²) in [6.45, 7) is 6.02. The van der Waals surface area contributed by atoms with Crippen molar-refractivity contribution < 1.29 is 4.52 Å². The number of aryl methyl sites for hydroxylation is 1. The first-order valence-corrected chi connectivity index (χ1v) is 6.61. The van der Waals surface area contributed by atoms with E-state index < -0.39 is 0 Å². The molecule has 18 heavy (non-hydrogen) atoms. The van der Waals surface area contributed by atoms with Crippen LogP contribution >= 0.6 is 22.6 Å². The molecule has 0 amide bonds. The van der Waals surface area contributed by atoms with Crippen LogP contribution in [0, 0.1) is 10.5 Å². The number of rotatable bonds is 3. The summed E-state index contributed by atoms with van der Waals surface area (Å²) in [5.74, 6) is 1.24. The Labute approximate surface area is 118 Å². The lowest BCUT2D eigenvalue weighted by Crippen LogP contribution is -2.25. The summed E-state index contributed by atoms with van der Waals surface area (Å²) in [6.07, 6.45) is 1.51. The van der Waals surface area contributed by atoms with E-state index in [1.165, 1.54) is 10.9 Å². The number of hydrogen-bond donors (Lipinski definition) is 0. The molecule has 0 fully saturated rings. The zero-order chi connectivity index (χ0) is 13.3. The smallest absolute Gasteiger partial charge is 0.267 e. The number of aromatic nitrogens is 4. The van der Waals surface area contributed by atoms with Gasteiger partial charge in [0.15, 0.2) is 5.82 Å². The minimum absolute atomic E-state index is 0.0843. The molecule has 0 aliphatic carbocycles. The molecular weight excluding hydrogens is 347 g/mol. The summed E-state index contributed by atoms with van der Waals surface area (Å²) >= 11 is 1.99. The Morgan fingerprint density at radius 3 is 2.83 bits per heavy atom.